The summed E-state index contributed by atoms with van der Waals surface area (Å²) >= 11 is 1.54. The third-order valence-corrected chi connectivity index (χ3v) is 9.37. The first-order valence-corrected chi connectivity index (χ1v) is 16.8. The molecule has 3 aliphatic rings. The van der Waals surface area contributed by atoms with Crippen LogP contribution in [0, 0.1) is 0 Å². The Labute approximate surface area is 269 Å². The zero-order chi connectivity index (χ0) is 32.1. The largest absolute Gasteiger partial charge is 0.444 e. The molecular weight excluding hydrogens is 590 g/mol. The van der Waals surface area contributed by atoms with Gasteiger partial charge in [-0.15, -0.1) is 0 Å². The van der Waals surface area contributed by atoms with E-state index in [4.69, 9.17) is 19.4 Å². The van der Waals surface area contributed by atoms with Crippen molar-refractivity contribution in [3.05, 3.63) is 58.0 Å². The molecule has 0 saturated heterocycles. The number of nitrogens with zero attached hydrogens (tertiary/aromatic N) is 6. The summed E-state index contributed by atoms with van der Waals surface area (Å²) in [7, 11) is 3.49. The summed E-state index contributed by atoms with van der Waals surface area (Å²) in [5.41, 5.74) is 5.35. The molecule has 2 amide bonds. The first-order valence-electron chi connectivity index (χ1n) is 15.6. The van der Waals surface area contributed by atoms with Crippen LogP contribution in [0.1, 0.15) is 91.4 Å². The molecule has 1 spiro atoms. The Morgan fingerprint density at radius 3 is 2.71 bits per heavy atom. The van der Waals surface area contributed by atoms with Gasteiger partial charge < -0.3 is 19.3 Å². The average Bonchev–Trinajstić information content (AvgIpc) is 3.28. The first-order chi connectivity index (χ1) is 21.4. The number of carbonyl (C=O) groups is 2. The molecule has 0 fully saturated rings. The lowest BCUT2D eigenvalue weighted by Gasteiger charge is -2.44. The molecule has 11 nitrogen and oxygen atoms in total. The highest BCUT2D eigenvalue weighted by molar-refractivity contribution is 7.98. The molecule has 1 N–H and O–H groups in total. The van der Waals surface area contributed by atoms with Crippen LogP contribution in [-0.4, -0.2) is 69.1 Å². The number of nitrogens with one attached hydrogen (secondary N) is 1. The van der Waals surface area contributed by atoms with E-state index >= 15 is 0 Å². The van der Waals surface area contributed by atoms with Gasteiger partial charge >= 0.3 is 6.09 Å². The van der Waals surface area contributed by atoms with Crippen LogP contribution in [0.15, 0.2) is 29.4 Å². The highest BCUT2D eigenvalue weighted by atomic mass is 32.2. The van der Waals surface area contributed by atoms with E-state index in [1.54, 1.807) is 19.0 Å². The number of hydrogen-bond donors (Lipinski definition) is 1. The zero-order valence-corrected chi connectivity index (χ0v) is 28.1. The fourth-order valence-corrected chi connectivity index (χ4v) is 6.98. The minimum absolute atomic E-state index is 0.101. The number of anilines is 2. The van der Waals surface area contributed by atoms with Gasteiger partial charge in [0.15, 0.2) is 10.9 Å². The molecule has 2 aliphatic heterocycles. The van der Waals surface area contributed by atoms with Crippen molar-refractivity contribution in [3.8, 4) is 0 Å². The predicted octanol–water partition coefficient (Wildman–Crippen LogP) is 5.72. The normalized spacial score (nSPS) is 21.0. The van der Waals surface area contributed by atoms with Gasteiger partial charge in [0, 0.05) is 44.9 Å². The molecule has 12 heteroatoms. The minimum Gasteiger partial charge on any atom is -0.444 e. The molecule has 3 aromatic rings. The Balaban J connectivity index is 1.33. The maximum absolute atomic E-state index is 12.6. The van der Waals surface area contributed by atoms with Gasteiger partial charge in [-0.25, -0.2) is 14.8 Å². The van der Waals surface area contributed by atoms with Crippen molar-refractivity contribution in [1.82, 2.24) is 24.6 Å². The highest BCUT2D eigenvalue weighted by Gasteiger charge is 2.44. The Bertz CT molecular complexity index is 1630. The number of amides is 2. The Kier molecular flexibility index (Phi) is 8.32. The van der Waals surface area contributed by atoms with E-state index in [1.165, 1.54) is 17.3 Å². The minimum atomic E-state index is -0.588. The van der Waals surface area contributed by atoms with Gasteiger partial charge in [0.2, 0.25) is 0 Å². The van der Waals surface area contributed by atoms with Crippen LogP contribution in [0.3, 0.4) is 0 Å². The molecule has 1 unspecified atom stereocenters. The molecule has 6 rings (SSSR count). The summed E-state index contributed by atoms with van der Waals surface area (Å²) in [5, 5.41) is 8.26. The second-order valence-electron chi connectivity index (χ2n) is 13.5. The lowest BCUT2D eigenvalue weighted by atomic mass is 9.71. The maximum Gasteiger partial charge on any atom is 0.412 e. The number of aromatic nitrogens is 4. The van der Waals surface area contributed by atoms with Crippen LogP contribution in [0.25, 0.3) is 0 Å². The van der Waals surface area contributed by atoms with Crippen molar-refractivity contribution < 1.29 is 19.1 Å². The van der Waals surface area contributed by atoms with Crippen LogP contribution in [0.2, 0.25) is 0 Å². The second kappa shape index (κ2) is 11.9. The summed E-state index contributed by atoms with van der Waals surface area (Å²) in [4.78, 5) is 39.1. The number of thioether (sulfide) groups is 1. The van der Waals surface area contributed by atoms with E-state index in [9.17, 15) is 9.59 Å². The average molecular weight is 634 g/mol. The van der Waals surface area contributed by atoms with Crippen LogP contribution in [-0.2, 0) is 41.2 Å². The Morgan fingerprint density at radius 1 is 1.18 bits per heavy atom. The molecule has 0 radical (unpaired) electrons. The topological polar surface area (TPSA) is 115 Å². The van der Waals surface area contributed by atoms with E-state index in [0.717, 1.165) is 65.8 Å². The van der Waals surface area contributed by atoms with E-state index in [0.29, 0.717) is 36.9 Å². The molecule has 0 bridgehead atoms. The molecule has 45 heavy (non-hydrogen) atoms. The van der Waals surface area contributed by atoms with Gasteiger partial charge in [0.1, 0.15) is 11.4 Å². The molecule has 2 aromatic heterocycles. The van der Waals surface area contributed by atoms with Crippen molar-refractivity contribution in [1.29, 1.82) is 0 Å². The van der Waals surface area contributed by atoms with Crippen molar-refractivity contribution in [3.63, 3.8) is 0 Å². The fraction of sp³-hybridized carbons (Fsp3) is 0.545. The first kappa shape index (κ1) is 31.3. The zero-order valence-electron chi connectivity index (χ0n) is 27.3. The van der Waals surface area contributed by atoms with E-state index in [-0.39, 0.29) is 5.91 Å². The van der Waals surface area contributed by atoms with Crippen molar-refractivity contribution in [2.24, 2.45) is 0 Å². The van der Waals surface area contributed by atoms with Gasteiger partial charge in [-0.1, -0.05) is 24.8 Å². The molecule has 1 aliphatic carbocycles. The number of benzene rings is 1. The van der Waals surface area contributed by atoms with Gasteiger partial charge in [-0.05, 0) is 81.5 Å². The summed E-state index contributed by atoms with van der Waals surface area (Å²) < 4.78 is 14.4. The highest BCUT2D eigenvalue weighted by Crippen LogP contribution is 2.49. The maximum atomic E-state index is 12.6. The van der Waals surface area contributed by atoms with Crippen LogP contribution < -0.4 is 10.2 Å². The van der Waals surface area contributed by atoms with E-state index < -0.39 is 17.3 Å². The molecule has 4 heterocycles. The predicted molar refractivity (Wildman–Crippen MR) is 174 cm³/mol. The van der Waals surface area contributed by atoms with Crippen molar-refractivity contribution in [2.45, 2.75) is 95.4 Å². The quantitative estimate of drug-likeness (QED) is 0.285. The smallest absolute Gasteiger partial charge is 0.412 e. The summed E-state index contributed by atoms with van der Waals surface area (Å²) in [5.74, 6) is 1.16. The van der Waals surface area contributed by atoms with Crippen molar-refractivity contribution >= 4 is 35.3 Å². The standard InChI is InChI=1S/C33H43N7O4S/c1-20-11-12-33(25-15-21(9-10-23(20)25)34-31(42)44-32(2,3)4)17-27-24(19-43-33)28(36-30(35-27)45-7)39-13-8-14-40-22(18-39)16-26(37-40)29(41)38(5)6/h9-10,15-16,20H,8,11-14,17-19H2,1-7H3,(H,34,42)/t20-,33?/m0/s1. The Morgan fingerprint density at radius 2 is 1.98 bits per heavy atom. The lowest BCUT2D eigenvalue weighted by Crippen LogP contribution is -2.41. The monoisotopic (exact) mass is 633 g/mol. The Hall–Kier alpha value is -3.64. The summed E-state index contributed by atoms with van der Waals surface area (Å²) in [6, 6.07) is 8.02. The van der Waals surface area contributed by atoms with Gasteiger partial charge in [-0.2, -0.15) is 5.10 Å². The van der Waals surface area contributed by atoms with Gasteiger partial charge in [-0.3, -0.25) is 14.8 Å². The summed E-state index contributed by atoms with van der Waals surface area (Å²) in [6.07, 6.45) is 4.88. The number of ether oxygens (including phenoxy) is 2. The van der Waals surface area contributed by atoms with Crippen LogP contribution in [0.4, 0.5) is 16.3 Å². The van der Waals surface area contributed by atoms with Crippen LogP contribution >= 0.6 is 11.8 Å². The third-order valence-electron chi connectivity index (χ3n) is 8.82. The molecule has 1 aromatic carbocycles. The number of aryl methyl sites for hydroxylation is 1. The van der Waals surface area contributed by atoms with Crippen LogP contribution in [0.5, 0.6) is 0 Å². The number of fused-ring (bicyclic) bond motifs is 4. The number of hydrogen-bond acceptors (Lipinski definition) is 9. The van der Waals surface area contributed by atoms with E-state index in [1.807, 2.05) is 43.8 Å². The SMILES string of the molecule is CSc1nc2c(c(N3CCCn4nc(C(=O)N(C)C)cc4C3)n1)COC1(CC[C@H](C)c3ccc(NC(=O)OC(C)(C)C)cc31)C2. The second-order valence-corrected chi connectivity index (χ2v) is 14.3. The molecule has 2 atom stereocenters. The third kappa shape index (κ3) is 6.27. The number of rotatable bonds is 4. The van der Waals surface area contributed by atoms with Gasteiger partial charge in [0.25, 0.3) is 5.91 Å². The van der Waals surface area contributed by atoms with E-state index in [2.05, 4.69) is 34.4 Å². The molecular formula is C33H43N7O4S. The van der Waals surface area contributed by atoms with Gasteiger partial charge in [0.05, 0.1) is 30.1 Å². The summed E-state index contributed by atoms with van der Waals surface area (Å²) in [6.45, 7) is 10.3. The lowest BCUT2D eigenvalue weighted by molar-refractivity contribution is -0.0872. The fourth-order valence-electron chi connectivity index (χ4n) is 6.60. The van der Waals surface area contributed by atoms with Crippen molar-refractivity contribution in [2.75, 3.05) is 37.1 Å². The number of carbonyl (C=O) groups excluding carboxylic acids is 2. The molecule has 0 saturated carbocycles. The molecule has 240 valence electrons.